The number of fused-ring (bicyclic) bond motifs is 1. The fourth-order valence-electron chi connectivity index (χ4n) is 3.69. The number of carbonyl (C=O) groups is 2. The van der Waals surface area contributed by atoms with Crippen LogP contribution in [0, 0.1) is 0 Å². The zero-order chi connectivity index (χ0) is 21.4. The highest BCUT2D eigenvalue weighted by Gasteiger charge is 2.39. The first-order valence-electron chi connectivity index (χ1n) is 9.68. The van der Waals surface area contributed by atoms with Crippen LogP contribution >= 0.6 is 11.3 Å². The van der Waals surface area contributed by atoms with Crippen LogP contribution in [0.5, 0.6) is 0 Å². The lowest BCUT2D eigenvalue weighted by Crippen LogP contribution is -2.57. The second kappa shape index (κ2) is 8.19. The zero-order valence-corrected chi connectivity index (χ0v) is 17.1. The Kier molecular flexibility index (Phi) is 5.60. The van der Waals surface area contributed by atoms with E-state index in [2.05, 4.69) is 5.32 Å². The van der Waals surface area contributed by atoms with Gasteiger partial charge in [0.1, 0.15) is 23.0 Å². The molecule has 1 aromatic heterocycles. The van der Waals surface area contributed by atoms with Crippen molar-refractivity contribution in [1.82, 2.24) is 9.58 Å². The number of aromatic nitrogens is 1. The van der Waals surface area contributed by atoms with E-state index in [0.717, 1.165) is 16.3 Å². The summed E-state index contributed by atoms with van der Waals surface area (Å²) in [6.45, 7) is 1.91. The summed E-state index contributed by atoms with van der Waals surface area (Å²) in [5, 5.41) is 3.73. The number of nitrogens with zero attached hydrogens (tertiary/aromatic N) is 2. The minimum Gasteiger partial charge on any atom is -0.456 e. The van der Waals surface area contributed by atoms with Gasteiger partial charge in [-0.25, -0.2) is 15.6 Å². The van der Waals surface area contributed by atoms with Crippen LogP contribution in [-0.2, 0) is 9.47 Å². The lowest BCUT2D eigenvalue weighted by Gasteiger charge is -2.31. The predicted molar refractivity (Wildman–Crippen MR) is 110 cm³/mol. The number of benzene rings is 1. The summed E-state index contributed by atoms with van der Waals surface area (Å²) in [5.41, 5.74) is 6.30. The fraction of sp³-hybridized carbons (Fsp3) is 0.421. The lowest BCUT2D eigenvalue weighted by atomic mass is 10.1. The van der Waals surface area contributed by atoms with Gasteiger partial charge in [0.15, 0.2) is 6.29 Å². The van der Waals surface area contributed by atoms with Crippen molar-refractivity contribution in [1.29, 1.82) is 0 Å². The molecule has 0 aliphatic carbocycles. The summed E-state index contributed by atoms with van der Waals surface area (Å²) in [5.74, 6) is 5.01. The summed E-state index contributed by atoms with van der Waals surface area (Å²) in [6.07, 6.45) is -0.661. The van der Waals surface area contributed by atoms with E-state index in [1.165, 1.54) is 4.57 Å². The number of nitrogens with one attached hydrogen (secondary N) is 1. The molecule has 5 N–H and O–H groups in total. The van der Waals surface area contributed by atoms with Gasteiger partial charge in [-0.15, -0.1) is 0 Å². The van der Waals surface area contributed by atoms with E-state index in [9.17, 15) is 14.4 Å². The SMILES string of the molecule is CCC(OC(=O)c1ccccc1)[C@@H]1CC[C@H](n2c3c(sc2=O)C(=O)N(N)C(N)N3)O1. The van der Waals surface area contributed by atoms with Gasteiger partial charge < -0.3 is 14.8 Å². The minimum atomic E-state index is -0.947. The second-order valence-electron chi connectivity index (χ2n) is 7.14. The van der Waals surface area contributed by atoms with Gasteiger partial charge >= 0.3 is 10.8 Å². The van der Waals surface area contributed by atoms with Crippen LogP contribution in [0.25, 0.3) is 0 Å². The van der Waals surface area contributed by atoms with Crippen LogP contribution in [0.4, 0.5) is 5.82 Å². The van der Waals surface area contributed by atoms with Crippen LogP contribution in [-0.4, -0.2) is 40.0 Å². The maximum absolute atomic E-state index is 12.6. The third-order valence-electron chi connectivity index (χ3n) is 5.26. The van der Waals surface area contributed by atoms with Gasteiger partial charge in [0, 0.05) is 0 Å². The number of nitrogens with two attached hydrogens (primary N) is 2. The number of anilines is 1. The quantitative estimate of drug-likeness (QED) is 0.363. The first kappa shape index (κ1) is 20.5. The summed E-state index contributed by atoms with van der Waals surface area (Å²) < 4.78 is 13.2. The molecule has 1 saturated heterocycles. The molecule has 4 atom stereocenters. The summed E-state index contributed by atoms with van der Waals surface area (Å²) >= 11 is 0.794. The van der Waals surface area contributed by atoms with E-state index in [1.807, 2.05) is 13.0 Å². The van der Waals surface area contributed by atoms with Crippen LogP contribution < -0.4 is 21.8 Å². The highest BCUT2D eigenvalue weighted by atomic mass is 32.1. The summed E-state index contributed by atoms with van der Waals surface area (Å²) in [7, 11) is 0. The number of hydrogen-bond donors (Lipinski definition) is 3. The van der Waals surface area contributed by atoms with Crippen molar-refractivity contribution in [2.24, 2.45) is 11.6 Å². The molecule has 2 aromatic rings. The Morgan fingerprint density at radius 1 is 1.33 bits per heavy atom. The molecule has 4 rings (SSSR count). The van der Waals surface area contributed by atoms with Gasteiger partial charge in [0.05, 0.1) is 11.7 Å². The van der Waals surface area contributed by atoms with Crippen LogP contribution in [0.15, 0.2) is 35.1 Å². The fourth-order valence-corrected chi connectivity index (χ4v) is 4.62. The van der Waals surface area contributed by atoms with Crippen LogP contribution in [0.3, 0.4) is 0 Å². The molecule has 0 radical (unpaired) electrons. The Bertz CT molecular complexity index is 1010. The predicted octanol–water partition coefficient (Wildman–Crippen LogP) is 1.21. The standard InChI is InChI=1S/C19H23N5O5S/c1-2-11(29-17(26)10-6-4-3-5-7-10)12-8-9-13(28-12)23-15-14(30-19(23)27)16(25)24(21)18(20)22-15/h3-7,11-13,18,22H,2,8-9,20-21H2,1H3/t11?,12-,13+,18?/m0/s1. The smallest absolute Gasteiger partial charge is 0.338 e. The largest absolute Gasteiger partial charge is 0.456 e. The van der Waals surface area contributed by atoms with E-state index in [0.29, 0.717) is 30.6 Å². The first-order valence-corrected chi connectivity index (χ1v) is 10.5. The molecular weight excluding hydrogens is 410 g/mol. The average molecular weight is 433 g/mol. The number of esters is 1. The van der Waals surface area contributed by atoms with E-state index in [1.54, 1.807) is 24.3 Å². The molecule has 0 spiro atoms. The van der Waals surface area contributed by atoms with E-state index in [-0.39, 0.29) is 15.9 Å². The molecule has 30 heavy (non-hydrogen) atoms. The van der Waals surface area contributed by atoms with Crippen LogP contribution in [0.1, 0.15) is 52.4 Å². The first-order chi connectivity index (χ1) is 14.4. The average Bonchev–Trinajstić information content (AvgIpc) is 3.35. The third kappa shape index (κ3) is 3.60. The van der Waals surface area contributed by atoms with Gasteiger partial charge in [-0.2, -0.15) is 0 Å². The van der Waals surface area contributed by atoms with Crippen molar-refractivity contribution in [3.8, 4) is 0 Å². The normalized spacial score (nSPS) is 24.3. The van der Waals surface area contributed by atoms with E-state index >= 15 is 0 Å². The Morgan fingerprint density at radius 2 is 2.07 bits per heavy atom. The Hall–Kier alpha value is -2.73. The molecular formula is C19H23N5O5S. The molecule has 1 fully saturated rings. The number of amides is 1. The topological polar surface area (TPSA) is 142 Å². The van der Waals surface area contributed by atoms with Gasteiger partial charge in [-0.1, -0.05) is 36.5 Å². The molecule has 2 aliphatic heterocycles. The highest BCUT2D eigenvalue weighted by Crippen LogP contribution is 2.36. The molecule has 2 unspecified atom stereocenters. The number of hydrogen-bond acceptors (Lipinski definition) is 9. The number of thiazole rings is 1. The van der Waals surface area contributed by atoms with Gasteiger partial charge in [0.25, 0.3) is 5.91 Å². The van der Waals surface area contributed by atoms with Crippen LogP contribution in [0.2, 0.25) is 0 Å². The Labute approximate surface area is 176 Å². The summed E-state index contributed by atoms with van der Waals surface area (Å²) in [4.78, 5) is 37.2. The number of ether oxygens (including phenoxy) is 2. The van der Waals surface area contributed by atoms with Crippen molar-refractivity contribution in [2.75, 3.05) is 5.32 Å². The number of hydrazine groups is 1. The number of carbonyl (C=O) groups excluding carboxylic acids is 2. The maximum Gasteiger partial charge on any atom is 0.338 e. The molecule has 1 amide bonds. The molecule has 0 bridgehead atoms. The monoisotopic (exact) mass is 433 g/mol. The van der Waals surface area contributed by atoms with Crippen molar-refractivity contribution in [2.45, 2.75) is 50.9 Å². The highest BCUT2D eigenvalue weighted by molar-refractivity contribution is 7.12. The zero-order valence-electron chi connectivity index (χ0n) is 16.3. The van der Waals surface area contributed by atoms with Crippen molar-refractivity contribution < 1.29 is 19.1 Å². The molecule has 2 aliphatic rings. The molecule has 10 nitrogen and oxygen atoms in total. The third-order valence-corrected chi connectivity index (χ3v) is 6.20. The minimum absolute atomic E-state index is 0.193. The Balaban J connectivity index is 1.51. The summed E-state index contributed by atoms with van der Waals surface area (Å²) in [6, 6.07) is 8.75. The van der Waals surface area contributed by atoms with Crippen molar-refractivity contribution >= 4 is 29.0 Å². The molecule has 1 aromatic carbocycles. The Morgan fingerprint density at radius 3 is 2.77 bits per heavy atom. The van der Waals surface area contributed by atoms with Gasteiger partial charge in [-0.3, -0.25) is 19.9 Å². The molecule has 0 saturated carbocycles. The van der Waals surface area contributed by atoms with E-state index < -0.39 is 30.5 Å². The van der Waals surface area contributed by atoms with Crippen molar-refractivity contribution in [3.63, 3.8) is 0 Å². The second-order valence-corrected chi connectivity index (χ2v) is 8.10. The molecule has 11 heteroatoms. The molecule has 160 valence electrons. The van der Waals surface area contributed by atoms with E-state index in [4.69, 9.17) is 21.1 Å². The van der Waals surface area contributed by atoms with Crippen molar-refractivity contribution in [3.05, 3.63) is 50.4 Å². The molecule has 3 heterocycles. The van der Waals surface area contributed by atoms with Gasteiger partial charge in [0.2, 0.25) is 0 Å². The van der Waals surface area contributed by atoms with Gasteiger partial charge in [-0.05, 0) is 31.4 Å². The lowest BCUT2D eigenvalue weighted by molar-refractivity contribution is -0.0697. The number of rotatable bonds is 5. The maximum atomic E-state index is 12.6.